The van der Waals surface area contributed by atoms with Crippen LogP contribution in [0.1, 0.15) is 25.3 Å². The standard InChI is InChI=1S/C14H21FN2O3S/c1-10-12(15)7-11(8-13(10)16)21(18,19)17-6-4-5-14(2,9-17)20-3/h7-8H,4-6,9,16H2,1-3H3. The number of benzene rings is 1. The van der Waals surface area contributed by atoms with Crippen LogP contribution in [-0.4, -0.2) is 38.5 Å². The maximum atomic E-state index is 13.8. The second-order valence-corrected chi connectivity index (χ2v) is 7.65. The average Bonchev–Trinajstić information content (AvgIpc) is 2.44. The van der Waals surface area contributed by atoms with E-state index in [-0.39, 0.29) is 22.7 Å². The van der Waals surface area contributed by atoms with E-state index in [1.807, 2.05) is 6.92 Å². The van der Waals surface area contributed by atoms with Gasteiger partial charge in [0.2, 0.25) is 10.0 Å². The Kier molecular flexibility index (Phi) is 4.28. The van der Waals surface area contributed by atoms with Gasteiger partial charge in [0.25, 0.3) is 0 Å². The van der Waals surface area contributed by atoms with Gasteiger partial charge in [-0.1, -0.05) is 0 Å². The Hall–Kier alpha value is -1.18. The molecule has 0 radical (unpaired) electrons. The molecule has 2 rings (SSSR count). The van der Waals surface area contributed by atoms with Crippen LogP contribution in [0.4, 0.5) is 10.1 Å². The molecule has 21 heavy (non-hydrogen) atoms. The summed E-state index contributed by atoms with van der Waals surface area (Å²) >= 11 is 0. The Morgan fingerprint density at radius 3 is 2.67 bits per heavy atom. The lowest BCUT2D eigenvalue weighted by Gasteiger charge is -2.38. The highest BCUT2D eigenvalue weighted by Gasteiger charge is 2.37. The molecular formula is C14H21FN2O3S. The number of nitrogen functional groups attached to an aromatic ring is 1. The van der Waals surface area contributed by atoms with Crippen molar-refractivity contribution in [1.29, 1.82) is 0 Å². The number of hydrogen-bond donors (Lipinski definition) is 1. The van der Waals surface area contributed by atoms with Crippen molar-refractivity contribution in [1.82, 2.24) is 4.31 Å². The number of nitrogens with two attached hydrogens (primary N) is 1. The van der Waals surface area contributed by atoms with Crippen LogP contribution in [-0.2, 0) is 14.8 Å². The second kappa shape index (κ2) is 5.55. The molecule has 1 saturated heterocycles. The fraction of sp³-hybridized carbons (Fsp3) is 0.571. The van der Waals surface area contributed by atoms with Crippen LogP contribution in [0.2, 0.25) is 0 Å². The average molecular weight is 316 g/mol. The van der Waals surface area contributed by atoms with Gasteiger partial charge in [0, 0.05) is 31.5 Å². The summed E-state index contributed by atoms with van der Waals surface area (Å²) in [4.78, 5) is -0.108. The number of piperidine rings is 1. The van der Waals surface area contributed by atoms with Gasteiger partial charge in [0.05, 0.1) is 10.5 Å². The van der Waals surface area contributed by atoms with Crippen molar-refractivity contribution in [2.45, 2.75) is 37.2 Å². The molecule has 0 aliphatic carbocycles. The number of ether oxygens (including phenoxy) is 1. The molecule has 1 heterocycles. The fourth-order valence-electron chi connectivity index (χ4n) is 2.50. The van der Waals surface area contributed by atoms with Crippen molar-refractivity contribution >= 4 is 15.7 Å². The van der Waals surface area contributed by atoms with E-state index in [4.69, 9.17) is 10.5 Å². The first kappa shape index (κ1) is 16.2. The summed E-state index contributed by atoms with van der Waals surface area (Å²) in [6, 6.07) is 2.34. The molecule has 0 aromatic heterocycles. The molecule has 0 saturated carbocycles. The summed E-state index contributed by atoms with van der Waals surface area (Å²) in [5.74, 6) is -0.611. The summed E-state index contributed by atoms with van der Waals surface area (Å²) in [7, 11) is -2.20. The van der Waals surface area contributed by atoms with E-state index in [9.17, 15) is 12.8 Å². The van der Waals surface area contributed by atoms with Crippen LogP contribution in [0.3, 0.4) is 0 Å². The molecule has 118 valence electrons. The van der Waals surface area contributed by atoms with Crippen molar-refractivity contribution in [3.63, 3.8) is 0 Å². The maximum absolute atomic E-state index is 13.8. The quantitative estimate of drug-likeness (QED) is 0.865. The van der Waals surface area contributed by atoms with E-state index in [1.165, 1.54) is 17.3 Å². The van der Waals surface area contributed by atoms with Gasteiger partial charge in [-0.25, -0.2) is 12.8 Å². The summed E-state index contributed by atoms with van der Waals surface area (Å²) in [5, 5.41) is 0. The summed E-state index contributed by atoms with van der Waals surface area (Å²) < 4.78 is 45.8. The van der Waals surface area contributed by atoms with Gasteiger partial charge >= 0.3 is 0 Å². The molecule has 1 aliphatic heterocycles. The zero-order valence-electron chi connectivity index (χ0n) is 12.5. The minimum absolute atomic E-state index is 0.108. The maximum Gasteiger partial charge on any atom is 0.243 e. The van der Waals surface area contributed by atoms with Gasteiger partial charge in [0.15, 0.2) is 0 Å². The first-order chi connectivity index (χ1) is 9.69. The highest BCUT2D eigenvalue weighted by molar-refractivity contribution is 7.89. The summed E-state index contributed by atoms with van der Waals surface area (Å²) in [6.45, 7) is 4.04. The fourth-order valence-corrected chi connectivity index (χ4v) is 4.14. The Bertz CT molecular complexity index is 625. The van der Waals surface area contributed by atoms with Crippen LogP contribution < -0.4 is 5.73 Å². The lowest BCUT2D eigenvalue weighted by Crippen LogP contribution is -2.49. The number of halogens is 1. The zero-order chi connectivity index (χ0) is 15.8. The molecule has 1 fully saturated rings. The molecule has 1 aromatic carbocycles. The van der Waals surface area contributed by atoms with Crippen molar-refractivity contribution in [2.24, 2.45) is 0 Å². The first-order valence-corrected chi connectivity index (χ1v) is 8.24. The number of anilines is 1. The predicted octanol–water partition coefficient (Wildman–Crippen LogP) is 1.91. The van der Waals surface area contributed by atoms with Gasteiger partial charge in [-0.2, -0.15) is 4.31 Å². The van der Waals surface area contributed by atoms with Crippen LogP contribution in [0.5, 0.6) is 0 Å². The van der Waals surface area contributed by atoms with Gasteiger partial charge in [-0.15, -0.1) is 0 Å². The van der Waals surface area contributed by atoms with Crippen LogP contribution >= 0.6 is 0 Å². The smallest absolute Gasteiger partial charge is 0.243 e. The molecule has 5 nitrogen and oxygen atoms in total. The monoisotopic (exact) mass is 316 g/mol. The number of rotatable bonds is 3. The molecule has 1 aliphatic rings. The molecule has 0 amide bonds. The van der Waals surface area contributed by atoms with Crippen molar-refractivity contribution < 1.29 is 17.5 Å². The highest BCUT2D eigenvalue weighted by atomic mass is 32.2. The van der Waals surface area contributed by atoms with Crippen molar-refractivity contribution in [2.75, 3.05) is 25.9 Å². The number of hydrogen-bond acceptors (Lipinski definition) is 4. The number of nitrogens with zero attached hydrogens (tertiary/aromatic N) is 1. The zero-order valence-corrected chi connectivity index (χ0v) is 13.3. The number of methoxy groups -OCH3 is 1. The third-order valence-corrected chi connectivity index (χ3v) is 5.94. The van der Waals surface area contributed by atoms with E-state index < -0.39 is 21.4 Å². The normalized spacial score (nSPS) is 24.2. The Morgan fingerprint density at radius 2 is 2.10 bits per heavy atom. The minimum Gasteiger partial charge on any atom is -0.398 e. The van der Waals surface area contributed by atoms with Crippen molar-refractivity contribution in [3.8, 4) is 0 Å². The second-order valence-electron chi connectivity index (χ2n) is 5.72. The predicted molar refractivity (Wildman–Crippen MR) is 79.0 cm³/mol. The molecule has 1 atom stereocenters. The van der Waals surface area contributed by atoms with Gasteiger partial charge in [-0.3, -0.25) is 0 Å². The molecule has 1 unspecified atom stereocenters. The van der Waals surface area contributed by atoms with E-state index >= 15 is 0 Å². The van der Waals surface area contributed by atoms with Crippen LogP contribution in [0, 0.1) is 12.7 Å². The minimum atomic E-state index is -3.77. The Morgan fingerprint density at radius 1 is 1.43 bits per heavy atom. The van der Waals surface area contributed by atoms with Gasteiger partial charge in [0.1, 0.15) is 5.82 Å². The number of sulfonamides is 1. The highest BCUT2D eigenvalue weighted by Crippen LogP contribution is 2.30. The molecule has 0 bridgehead atoms. The SMILES string of the molecule is COC1(C)CCCN(S(=O)(=O)c2cc(N)c(C)c(F)c2)C1. The largest absolute Gasteiger partial charge is 0.398 e. The van der Waals surface area contributed by atoms with E-state index in [0.717, 1.165) is 12.5 Å². The Labute approximate surface area is 124 Å². The van der Waals surface area contributed by atoms with Gasteiger partial charge in [-0.05, 0) is 38.8 Å². The van der Waals surface area contributed by atoms with E-state index in [2.05, 4.69) is 0 Å². The lowest BCUT2D eigenvalue weighted by molar-refractivity contribution is -0.0319. The molecular weight excluding hydrogens is 295 g/mol. The molecule has 7 heteroatoms. The molecule has 1 aromatic rings. The topological polar surface area (TPSA) is 72.6 Å². The van der Waals surface area contributed by atoms with Crippen molar-refractivity contribution in [3.05, 3.63) is 23.5 Å². The summed E-state index contributed by atoms with van der Waals surface area (Å²) in [5.41, 5.74) is 5.56. The summed E-state index contributed by atoms with van der Waals surface area (Å²) in [6.07, 6.45) is 1.49. The third-order valence-electron chi connectivity index (χ3n) is 4.11. The van der Waals surface area contributed by atoms with Gasteiger partial charge < -0.3 is 10.5 Å². The molecule has 0 spiro atoms. The lowest BCUT2D eigenvalue weighted by atomic mass is 9.96. The van der Waals surface area contributed by atoms with Crippen LogP contribution in [0.25, 0.3) is 0 Å². The van der Waals surface area contributed by atoms with E-state index in [1.54, 1.807) is 7.11 Å². The Balaban J connectivity index is 2.38. The third kappa shape index (κ3) is 3.04. The van der Waals surface area contributed by atoms with Crippen LogP contribution in [0.15, 0.2) is 17.0 Å². The van der Waals surface area contributed by atoms with E-state index in [0.29, 0.717) is 13.0 Å². The molecule has 2 N–H and O–H groups in total. The first-order valence-electron chi connectivity index (χ1n) is 6.80.